The summed E-state index contributed by atoms with van der Waals surface area (Å²) in [5, 5.41) is 10.7. The first kappa shape index (κ1) is 18.4. The molecular weight excluding hydrogens is 272 g/mol. The summed E-state index contributed by atoms with van der Waals surface area (Å²) in [5.41, 5.74) is -1.24. The molecule has 0 spiro atoms. The topological polar surface area (TPSA) is 71.6 Å². The van der Waals surface area contributed by atoms with Gasteiger partial charge < -0.3 is 9.84 Å². The summed E-state index contributed by atoms with van der Waals surface area (Å²) >= 11 is 0. The molecule has 1 aliphatic rings. The first-order valence-corrected chi connectivity index (χ1v) is 7.83. The number of rotatable bonds is 8. The number of esters is 1. The number of hydrogen-bond donors (Lipinski definition) is 1. The van der Waals surface area contributed by atoms with Gasteiger partial charge in [-0.1, -0.05) is 41.0 Å². The predicted octanol–water partition coefficient (Wildman–Crippen LogP) is 3.20. The Morgan fingerprint density at radius 2 is 1.86 bits per heavy atom. The van der Waals surface area contributed by atoms with Crippen molar-refractivity contribution in [1.82, 2.24) is 0 Å². The zero-order chi connectivity index (χ0) is 16.3. The van der Waals surface area contributed by atoms with Crippen LogP contribution in [-0.4, -0.2) is 29.1 Å². The molecule has 1 rings (SSSR count). The number of unbranched alkanes of at least 4 members (excludes halogenated alkanes) is 1. The van der Waals surface area contributed by atoms with Crippen LogP contribution >= 0.6 is 0 Å². The van der Waals surface area contributed by atoms with Gasteiger partial charge in [0.1, 0.15) is 5.60 Å². The molecule has 0 radical (unpaired) electrons. The third kappa shape index (κ3) is 4.41. The van der Waals surface area contributed by atoms with Gasteiger partial charge in [-0.25, -0.2) is 4.79 Å². The minimum atomic E-state index is -1.65. The molecular formula is C16H30O5. The average Bonchev–Trinajstić information content (AvgIpc) is 3.16. The molecule has 1 fully saturated rings. The van der Waals surface area contributed by atoms with Gasteiger partial charge in [-0.3, -0.25) is 0 Å². The van der Waals surface area contributed by atoms with Crippen molar-refractivity contribution in [3.63, 3.8) is 0 Å². The van der Waals surface area contributed by atoms with Crippen LogP contribution in [0.3, 0.4) is 0 Å². The first-order valence-electron chi connectivity index (χ1n) is 7.83. The van der Waals surface area contributed by atoms with Crippen LogP contribution in [0.4, 0.5) is 0 Å². The maximum absolute atomic E-state index is 12.1. The summed E-state index contributed by atoms with van der Waals surface area (Å²) < 4.78 is 5.14. The fourth-order valence-electron chi connectivity index (χ4n) is 2.14. The highest BCUT2D eigenvalue weighted by Gasteiger charge is 2.71. The van der Waals surface area contributed by atoms with Gasteiger partial charge in [0.15, 0.2) is 0 Å². The smallest absolute Gasteiger partial charge is 0.375 e. The lowest BCUT2D eigenvalue weighted by Gasteiger charge is -2.33. The number of carbonyl (C=O) groups is 1. The first-order chi connectivity index (χ1) is 9.57. The van der Waals surface area contributed by atoms with Crippen molar-refractivity contribution in [2.75, 3.05) is 6.61 Å². The highest BCUT2D eigenvalue weighted by Crippen LogP contribution is 2.47. The van der Waals surface area contributed by atoms with Crippen molar-refractivity contribution in [3.8, 4) is 0 Å². The summed E-state index contributed by atoms with van der Waals surface area (Å²) in [6.07, 6.45) is 3.42. The Kier molecular flexibility index (Phi) is 5.81. The molecule has 0 aromatic carbocycles. The second kappa shape index (κ2) is 6.63. The Morgan fingerprint density at radius 3 is 2.29 bits per heavy atom. The van der Waals surface area contributed by atoms with Gasteiger partial charge in [0.05, 0.1) is 6.61 Å². The monoisotopic (exact) mass is 302 g/mol. The summed E-state index contributed by atoms with van der Waals surface area (Å²) in [6, 6.07) is 0. The van der Waals surface area contributed by atoms with E-state index in [-0.39, 0.29) is 11.3 Å². The summed E-state index contributed by atoms with van der Waals surface area (Å²) in [4.78, 5) is 21.9. The number of ether oxygens (including phenoxy) is 1. The Balaban J connectivity index is 2.65. The molecule has 0 saturated carbocycles. The molecule has 0 bridgehead atoms. The summed E-state index contributed by atoms with van der Waals surface area (Å²) in [5.74, 6) is -2.44. The third-order valence-corrected chi connectivity index (χ3v) is 4.20. The number of carbonyl (C=O) groups excluding carboxylic acids is 1. The molecule has 5 nitrogen and oxygen atoms in total. The Bertz CT molecular complexity index is 352. The van der Waals surface area contributed by atoms with E-state index < -0.39 is 17.4 Å². The maximum atomic E-state index is 12.1. The van der Waals surface area contributed by atoms with Gasteiger partial charge in [-0.2, -0.15) is 9.78 Å². The molecule has 1 saturated heterocycles. The highest BCUT2D eigenvalue weighted by molar-refractivity contribution is 5.81. The second-order valence-corrected chi connectivity index (χ2v) is 7.42. The lowest BCUT2D eigenvalue weighted by Crippen LogP contribution is -2.53. The molecule has 0 aliphatic carbocycles. The predicted molar refractivity (Wildman–Crippen MR) is 79.2 cm³/mol. The zero-order valence-corrected chi connectivity index (χ0v) is 14.2. The number of hydrogen-bond acceptors (Lipinski definition) is 5. The molecule has 1 N–H and O–H groups in total. The van der Waals surface area contributed by atoms with Crippen molar-refractivity contribution in [2.24, 2.45) is 11.3 Å². The molecule has 1 heterocycles. The van der Waals surface area contributed by atoms with Crippen molar-refractivity contribution in [2.45, 2.75) is 78.6 Å². The number of aliphatic hydroxyl groups is 1. The Hall–Kier alpha value is -0.650. The molecule has 1 aliphatic heterocycles. The molecule has 21 heavy (non-hydrogen) atoms. The Labute approximate surface area is 127 Å². The Morgan fingerprint density at radius 1 is 1.29 bits per heavy atom. The van der Waals surface area contributed by atoms with Gasteiger partial charge >= 0.3 is 11.8 Å². The minimum Gasteiger partial charge on any atom is -0.461 e. The molecule has 2 unspecified atom stereocenters. The van der Waals surface area contributed by atoms with E-state index in [1.54, 1.807) is 6.92 Å². The van der Waals surface area contributed by atoms with Crippen molar-refractivity contribution in [3.05, 3.63) is 0 Å². The van der Waals surface area contributed by atoms with Gasteiger partial charge in [0, 0.05) is 0 Å². The van der Waals surface area contributed by atoms with Crippen LogP contribution in [0.5, 0.6) is 0 Å². The van der Waals surface area contributed by atoms with Crippen LogP contribution in [0.1, 0.15) is 67.2 Å². The van der Waals surface area contributed by atoms with E-state index in [9.17, 15) is 9.90 Å². The van der Waals surface area contributed by atoms with E-state index in [4.69, 9.17) is 14.5 Å². The average molecular weight is 302 g/mol. The van der Waals surface area contributed by atoms with E-state index in [0.29, 0.717) is 6.61 Å². The van der Waals surface area contributed by atoms with Crippen LogP contribution < -0.4 is 0 Å². The van der Waals surface area contributed by atoms with Crippen LogP contribution in [0.2, 0.25) is 0 Å². The lowest BCUT2D eigenvalue weighted by atomic mass is 9.77. The van der Waals surface area contributed by atoms with E-state index in [0.717, 1.165) is 25.7 Å². The van der Waals surface area contributed by atoms with Crippen molar-refractivity contribution < 1.29 is 24.4 Å². The van der Waals surface area contributed by atoms with E-state index in [2.05, 4.69) is 20.8 Å². The van der Waals surface area contributed by atoms with Crippen LogP contribution in [-0.2, 0) is 19.3 Å². The summed E-state index contributed by atoms with van der Waals surface area (Å²) in [7, 11) is 0. The largest absolute Gasteiger partial charge is 0.461 e. The van der Waals surface area contributed by atoms with Crippen molar-refractivity contribution in [1.29, 1.82) is 0 Å². The fourth-order valence-corrected chi connectivity index (χ4v) is 2.14. The SMILES string of the molecule is CCCCOC(=O)C1(C(C)(O)C(C)CCC(C)(C)C)OO1. The van der Waals surface area contributed by atoms with Crippen molar-refractivity contribution >= 4 is 5.97 Å². The normalized spacial score (nSPS) is 21.5. The minimum absolute atomic E-state index is 0.155. The maximum Gasteiger partial charge on any atom is 0.375 e. The molecule has 2 atom stereocenters. The van der Waals surface area contributed by atoms with E-state index >= 15 is 0 Å². The zero-order valence-electron chi connectivity index (χ0n) is 14.2. The highest BCUT2D eigenvalue weighted by atomic mass is 17.4. The lowest BCUT2D eigenvalue weighted by molar-refractivity contribution is -0.168. The second-order valence-electron chi connectivity index (χ2n) is 7.42. The van der Waals surface area contributed by atoms with Crippen LogP contribution in [0, 0.1) is 11.3 Å². The van der Waals surface area contributed by atoms with Crippen LogP contribution in [0.25, 0.3) is 0 Å². The summed E-state index contributed by atoms with van der Waals surface area (Å²) in [6.45, 7) is 12.2. The quantitative estimate of drug-likeness (QED) is 0.323. The molecule has 0 aromatic heterocycles. The third-order valence-electron chi connectivity index (χ3n) is 4.20. The van der Waals surface area contributed by atoms with E-state index in [1.807, 2.05) is 13.8 Å². The van der Waals surface area contributed by atoms with E-state index in [1.165, 1.54) is 0 Å². The van der Waals surface area contributed by atoms with Gasteiger partial charge in [0.25, 0.3) is 0 Å². The van der Waals surface area contributed by atoms with Gasteiger partial charge in [-0.05, 0) is 37.5 Å². The van der Waals surface area contributed by atoms with Gasteiger partial charge in [-0.15, -0.1) is 0 Å². The van der Waals surface area contributed by atoms with Gasteiger partial charge in [0.2, 0.25) is 0 Å². The standard InChI is InChI=1S/C16H30O5/c1-7-8-11-19-13(17)16(20-21-16)15(6,18)12(2)9-10-14(3,4)5/h12,18H,7-11H2,1-6H3. The molecule has 124 valence electrons. The fraction of sp³-hybridized carbons (Fsp3) is 0.938. The molecule has 0 aromatic rings. The van der Waals surface area contributed by atoms with Crippen LogP contribution in [0.15, 0.2) is 0 Å². The molecule has 0 amide bonds. The molecule has 5 heteroatoms.